The number of aromatic nitrogens is 3. The van der Waals surface area contributed by atoms with Crippen LogP contribution in [-0.2, 0) is 0 Å². The van der Waals surface area contributed by atoms with Gasteiger partial charge in [0.2, 0.25) is 0 Å². The molecule has 2 heterocycles. The van der Waals surface area contributed by atoms with E-state index in [4.69, 9.17) is 4.74 Å². The molecule has 4 aromatic rings. The zero-order valence-corrected chi connectivity index (χ0v) is 17.0. The molecule has 0 radical (unpaired) electrons. The number of aromatic amines is 1. The van der Waals surface area contributed by atoms with E-state index >= 15 is 0 Å². The molecule has 0 fully saturated rings. The van der Waals surface area contributed by atoms with Gasteiger partial charge in [0.05, 0.1) is 11.1 Å². The number of hydrogen-bond donors (Lipinski definition) is 1. The van der Waals surface area contributed by atoms with Crippen LogP contribution in [0.3, 0.4) is 0 Å². The van der Waals surface area contributed by atoms with Crippen molar-refractivity contribution in [2.75, 3.05) is 0 Å². The minimum absolute atomic E-state index is 0.766. The summed E-state index contributed by atoms with van der Waals surface area (Å²) in [6, 6.07) is 18.2. The molecule has 1 N–H and O–H groups in total. The number of para-hydroxylation sites is 1. The van der Waals surface area contributed by atoms with Crippen molar-refractivity contribution in [3.05, 3.63) is 103 Å². The molecule has 4 rings (SSSR count). The third-order valence-corrected chi connectivity index (χ3v) is 4.71. The predicted molar refractivity (Wildman–Crippen MR) is 123 cm³/mol. The van der Waals surface area contributed by atoms with Crippen LogP contribution in [0.15, 0.2) is 103 Å². The first-order chi connectivity index (χ1) is 14.8. The Kier molecular flexibility index (Phi) is 5.85. The van der Waals surface area contributed by atoms with E-state index in [0.717, 1.165) is 44.9 Å². The van der Waals surface area contributed by atoms with Crippen molar-refractivity contribution in [1.82, 2.24) is 15.0 Å². The minimum Gasteiger partial charge on any atom is -0.457 e. The van der Waals surface area contributed by atoms with Gasteiger partial charge >= 0.3 is 0 Å². The lowest BCUT2D eigenvalue weighted by molar-refractivity contribution is 0.446. The lowest BCUT2D eigenvalue weighted by Gasteiger charge is -2.12. The van der Waals surface area contributed by atoms with Gasteiger partial charge in [-0.05, 0) is 32.1 Å². The third kappa shape index (κ3) is 3.94. The van der Waals surface area contributed by atoms with Crippen LogP contribution >= 0.6 is 0 Å². The highest BCUT2D eigenvalue weighted by atomic mass is 16.5. The first kappa shape index (κ1) is 19.4. The Morgan fingerprint density at radius 3 is 2.50 bits per heavy atom. The lowest BCUT2D eigenvalue weighted by atomic mass is 10.0. The van der Waals surface area contributed by atoms with Crippen molar-refractivity contribution in [1.29, 1.82) is 0 Å². The average molecular weight is 393 g/mol. The maximum absolute atomic E-state index is 6.27. The van der Waals surface area contributed by atoms with Gasteiger partial charge in [0.15, 0.2) is 0 Å². The maximum Gasteiger partial charge on any atom is 0.141 e. The van der Waals surface area contributed by atoms with Crippen molar-refractivity contribution >= 4 is 11.0 Å². The van der Waals surface area contributed by atoms with Crippen LogP contribution in [-0.4, -0.2) is 15.0 Å². The van der Waals surface area contributed by atoms with Gasteiger partial charge in [-0.15, -0.1) is 0 Å². The second-order valence-electron chi connectivity index (χ2n) is 6.71. The quantitative estimate of drug-likeness (QED) is 0.293. The van der Waals surface area contributed by atoms with Gasteiger partial charge in [-0.3, -0.25) is 0 Å². The first-order valence-corrected chi connectivity index (χ1v) is 9.92. The topological polar surface area (TPSA) is 50.8 Å². The van der Waals surface area contributed by atoms with Gasteiger partial charge in [-0.1, -0.05) is 66.8 Å². The summed E-state index contributed by atoms with van der Waals surface area (Å²) < 4.78 is 6.27. The Labute approximate surface area is 176 Å². The van der Waals surface area contributed by atoms with Crippen LogP contribution in [0, 0.1) is 0 Å². The zero-order valence-electron chi connectivity index (χ0n) is 17.0. The average Bonchev–Trinajstić information content (AvgIpc) is 3.23. The highest BCUT2D eigenvalue weighted by Crippen LogP contribution is 2.38. The van der Waals surface area contributed by atoms with Crippen molar-refractivity contribution in [3.8, 4) is 28.1 Å². The SMILES string of the molecule is CC=CC=C(C=CC)Oc1ccccc1-c1c[nH]c2ncnc(-c3ccccc3)c12. The molecule has 0 unspecified atom stereocenters. The molecule has 0 aliphatic heterocycles. The van der Waals surface area contributed by atoms with Gasteiger partial charge < -0.3 is 9.72 Å². The van der Waals surface area contributed by atoms with Crippen LogP contribution in [0.2, 0.25) is 0 Å². The van der Waals surface area contributed by atoms with E-state index in [1.165, 1.54) is 0 Å². The van der Waals surface area contributed by atoms with Gasteiger partial charge in [0.1, 0.15) is 23.5 Å². The number of allylic oxidation sites excluding steroid dienone is 5. The fourth-order valence-electron chi connectivity index (χ4n) is 3.37. The number of H-pyrrole nitrogens is 1. The predicted octanol–water partition coefficient (Wildman–Crippen LogP) is 6.71. The molecule has 2 aromatic carbocycles. The van der Waals surface area contributed by atoms with Crippen molar-refractivity contribution in [2.24, 2.45) is 0 Å². The highest BCUT2D eigenvalue weighted by molar-refractivity contribution is 6.03. The normalized spacial score (nSPS) is 12.3. The summed E-state index contributed by atoms with van der Waals surface area (Å²) in [6.45, 7) is 3.96. The van der Waals surface area contributed by atoms with E-state index in [-0.39, 0.29) is 0 Å². The zero-order chi connectivity index (χ0) is 20.8. The number of nitrogens with one attached hydrogen (secondary N) is 1. The molecule has 0 spiro atoms. The van der Waals surface area contributed by atoms with E-state index in [2.05, 4.69) is 33.2 Å². The van der Waals surface area contributed by atoms with Crippen LogP contribution < -0.4 is 4.74 Å². The maximum atomic E-state index is 6.27. The molecule has 0 bridgehead atoms. The second kappa shape index (κ2) is 9.05. The Balaban J connectivity index is 1.87. The van der Waals surface area contributed by atoms with Crippen molar-refractivity contribution in [2.45, 2.75) is 13.8 Å². The van der Waals surface area contributed by atoms with Gasteiger partial charge in [0, 0.05) is 22.9 Å². The van der Waals surface area contributed by atoms with Gasteiger partial charge in [-0.2, -0.15) is 0 Å². The lowest BCUT2D eigenvalue weighted by Crippen LogP contribution is -1.95. The number of nitrogens with zero attached hydrogens (tertiary/aromatic N) is 2. The molecular formula is C26H23N3O. The Morgan fingerprint density at radius 1 is 0.900 bits per heavy atom. The van der Waals surface area contributed by atoms with Crippen LogP contribution in [0.4, 0.5) is 0 Å². The van der Waals surface area contributed by atoms with E-state index in [0.29, 0.717) is 0 Å². The summed E-state index contributed by atoms with van der Waals surface area (Å²) >= 11 is 0. The van der Waals surface area contributed by atoms with E-state index in [1.54, 1.807) is 6.33 Å². The van der Waals surface area contributed by atoms with E-state index in [9.17, 15) is 0 Å². The summed E-state index contributed by atoms with van der Waals surface area (Å²) in [5.74, 6) is 1.54. The number of fused-ring (bicyclic) bond motifs is 1. The van der Waals surface area contributed by atoms with E-state index in [1.807, 2.05) is 86.8 Å². The summed E-state index contributed by atoms with van der Waals surface area (Å²) in [4.78, 5) is 12.3. The monoisotopic (exact) mass is 393 g/mol. The Hall–Kier alpha value is -3.92. The molecule has 4 nitrogen and oxygen atoms in total. The van der Waals surface area contributed by atoms with Gasteiger partial charge in [0.25, 0.3) is 0 Å². The second-order valence-corrected chi connectivity index (χ2v) is 6.71. The molecule has 0 saturated carbocycles. The van der Waals surface area contributed by atoms with Crippen LogP contribution in [0.1, 0.15) is 13.8 Å². The molecule has 4 heteroatoms. The summed E-state index contributed by atoms with van der Waals surface area (Å²) in [7, 11) is 0. The fourth-order valence-corrected chi connectivity index (χ4v) is 3.37. The van der Waals surface area contributed by atoms with Gasteiger partial charge in [-0.25, -0.2) is 9.97 Å². The highest BCUT2D eigenvalue weighted by Gasteiger charge is 2.17. The standard InChI is InChI=1S/C26H23N3O/c1-3-5-14-20(11-4-2)30-23-16-10-9-15-21(23)22-17-27-26-24(22)25(28-18-29-26)19-12-7-6-8-13-19/h3-18H,1-2H3,(H,27,28,29). The third-order valence-electron chi connectivity index (χ3n) is 4.71. The number of hydrogen-bond acceptors (Lipinski definition) is 3. The Bertz CT molecular complexity index is 1230. The molecule has 0 saturated heterocycles. The fraction of sp³-hybridized carbons (Fsp3) is 0.0769. The molecule has 0 atom stereocenters. The smallest absolute Gasteiger partial charge is 0.141 e. The Morgan fingerprint density at radius 2 is 1.70 bits per heavy atom. The van der Waals surface area contributed by atoms with Crippen molar-refractivity contribution in [3.63, 3.8) is 0 Å². The minimum atomic E-state index is 0.766. The molecule has 30 heavy (non-hydrogen) atoms. The number of ether oxygens (including phenoxy) is 1. The number of benzene rings is 2. The molecule has 0 aliphatic carbocycles. The first-order valence-electron chi connectivity index (χ1n) is 9.92. The molecule has 2 aromatic heterocycles. The number of rotatable bonds is 6. The van der Waals surface area contributed by atoms with Crippen LogP contribution in [0.5, 0.6) is 5.75 Å². The van der Waals surface area contributed by atoms with Crippen LogP contribution in [0.25, 0.3) is 33.4 Å². The molecule has 0 aliphatic rings. The van der Waals surface area contributed by atoms with Crippen molar-refractivity contribution < 1.29 is 4.74 Å². The largest absolute Gasteiger partial charge is 0.457 e. The summed E-state index contributed by atoms with van der Waals surface area (Å²) in [5.41, 5.74) is 4.72. The molecular weight excluding hydrogens is 370 g/mol. The summed E-state index contributed by atoms with van der Waals surface area (Å²) in [6.07, 6.45) is 13.4. The molecule has 148 valence electrons. The van der Waals surface area contributed by atoms with E-state index < -0.39 is 0 Å². The summed E-state index contributed by atoms with van der Waals surface area (Å²) in [5, 5.41) is 0.977. The molecule has 0 amide bonds.